The van der Waals surface area contributed by atoms with E-state index in [1.165, 1.54) is 0 Å². The van der Waals surface area contributed by atoms with E-state index >= 15 is 0 Å². The number of anilines is 1. The first-order valence-corrected chi connectivity index (χ1v) is 3.87. The molecule has 13 heavy (non-hydrogen) atoms. The number of hydrogen-bond donors (Lipinski definition) is 1. The third-order valence-electron chi connectivity index (χ3n) is 1.92. The van der Waals surface area contributed by atoms with Gasteiger partial charge in [-0.05, 0) is 6.92 Å². The zero-order valence-electron chi connectivity index (χ0n) is 7.48. The summed E-state index contributed by atoms with van der Waals surface area (Å²) in [5.41, 5.74) is 6.42. The zero-order valence-corrected chi connectivity index (χ0v) is 7.48. The van der Waals surface area contributed by atoms with Gasteiger partial charge in [0.25, 0.3) is 0 Å². The van der Waals surface area contributed by atoms with Crippen LogP contribution < -0.4 is 10.5 Å². The molecule has 0 saturated carbocycles. The fourth-order valence-corrected chi connectivity index (χ4v) is 1.32. The zero-order chi connectivity index (χ0) is 9.42. The summed E-state index contributed by atoms with van der Waals surface area (Å²) in [6.45, 7) is 1.88. The summed E-state index contributed by atoms with van der Waals surface area (Å²) in [6, 6.07) is 0. The molecule has 0 spiro atoms. The van der Waals surface area contributed by atoms with Gasteiger partial charge in [-0.3, -0.25) is 4.40 Å². The van der Waals surface area contributed by atoms with Crippen molar-refractivity contribution in [1.29, 1.82) is 0 Å². The largest absolute Gasteiger partial charge is 0.479 e. The molecule has 2 rings (SSSR count). The maximum atomic E-state index is 5.69. The van der Waals surface area contributed by atoms with Crippen LogP contribution in [0, 0.1) is 6.92 Å². The fourth-order valence-electron chi connectivity index (χ4n) is 1.32. The highest BCUT2D eigenvalue weighted by molar-refractivity contribution is 5.72. The van der Waals surface area contributed by atoms with Crippen LogP contribution in [0.3, 0.4) is 0 Å². The Morgan fingerprint density at radius 2 is 2.31 bits per heavy atom. The van der Waals surface area contributed by atoms with Crippen molar-refractivity contribution in [3.63, 3.8) is 0 Å². The van der Waals surface area contributed by atoms with Crippen LogP contribution in [0.25, 0.3) is 5.52 Å². The minimum atomic E-state index is 0.431. The molecule has 0 unspecified atom stereocenters. The molecule has 2 N–H and O–H groups in total. The number of fused-ring (bicyclic) bond motifs is 1. The van der Waals surface area contributed by atoms with Crippen LogP contribution >= 0.6 is 0 Å². The molecule has 2 aromatic heterocycles. The molecule has 2 aromatic rings. The highest BCUT2D eigenvalue weighted by atomic mass is 16.5. The number of imidazole rings is 1. The van der Waals surface area contributed by atoms with Crippen molar-refractivity contribution in [1.82, 2.24) is 14.4 Å². The van der Waals surface area contributed by atoms with Gasteiger partial charge in [-0.15, -0.1) is 0 Å². The quantitative estimate of drug-likeness (QED) is 0.695. The van der Waals surface area contributed by atoms with E-state index in [0.29, 0.717) is 11.7 Å². The molecule has 0 aliphatic rings. The molecular formula is C8H10N4O. The Morgan fingerprint density at radius 3 is 3.00 bits per heavy atom. The van der Waals surface area contributed by atoms with Crippen LogP contribution in [0.2, 0.25) is 0 Å². The summed E-state index contributed by atoms with van der Waals surface area (Å²) >= 11 is 0. The lowest BCUT2D eigenvalue weighted by Gasteiger charge is -1.98. The lowest BCUT2D eigenvalue weighted by molar-refractivity contribution is 0.404. The van der Waals surface area contributed by atoms with Crippen molar-refractivity contribution in [3.8, 4) is 5.88 Å². The van der Waals surface area contributed by atoms with Gasteiger partial charge >= 0.3 is 0 Å². The molecule has 0 atom stereocenters. The van der Waals surface area contributed by atoms with Crippen LogP contribution in [0.5, 0.6) is 5.88 Å². The Kier molecular flexibility index (Phi) is 1.58. The topological polar surface area (TPSA) is 65.4 Å². The minimum absolute atomic E-state index is 0.431. The Labute approximate surface area is 75.2 Å². The second-order valence-corrected chi connectivity index (χ2v) is 2.70. The summed E-state index contributed by atoms with van der Waals surface area (Å²) in [7, 11) is 1.56. The molecule has 0 radical (unpaired) electrons. The van der Waals surface area contributed by atoms with Gasteiger partial charge in [-0.25, -0.2) is 4.98 Å². The second kappa shape index (κ2) is 2.62. The average Bonchev–Trinajstić information content (AvgIpc) is 2.45. The van der Waals surface area contributed by atoms with Gasteiger partial charge in [-0.2, -0.15) is 4.98 Å². The van der Waals surface area contributed by atoms with Crippen molar-refractivity contribution >= 4 is 11.3 Å². The first kappa shape index (κ1) is 7.85. The molecule has 0 aliphatic carbocycles. The Bertz CT molecular complexity index is 449. The number of ether oxygens (including phenoxy) is 1. The van der Waals surface area contributed by atoms with E-state index in [2.05, 4.69) is 9.97 Å². The maximum Gasteiger partial charge on any atom is 0.243 e. The van der Waals surface area contributed by atoms with E-state index in [1.807, 2.05) is 11.3 Å². The molecule has 5 heteroatoms. The van der Waals surface area contributed by atoms with Crippen molar-refractivity contribution in [2.24, 2.45) is 0 Å². The van der Waals surface area contributed by atoms with Crippen LogP contribution in [-0.4, -0.2) is 21.5 Å². The third-order valence-corrected chi connectivity index (χ3v) is 1.92. The van der Waals surface area contributed by atoms with Crippen molar-refractivity contribution < 1.29 is 4.74 Å². The number of aryl methyl sites for hydroxylation is 1. The molecule has 0 aromatic carbocycles. The average molecular weight is 178 g/mol. The van der Waals surface area contributed by atoms with Gasteiger partial charge < -0.3 is 10.5 Å². The van der Waals surface area contributed by atoms with Gasteiger partial charge in [0.05, 0.1) is 7.11 Å². The first-order valence-electron chi connectivity index (χ1n) is 3.87. The fraction of sp³-hybridized carbons (Fsp3) is 0.250. The lowest BCUT2D eigenvalue weighted by Crippen LogP contribution is -1.96. The maximum absolute atomic E-state index is 5.69. The van der Waals surface area contributed by atoms with E-state index in [4.69, 9.17) is 10.5 Å². The molecule has 68 valence electrons. The number of aromatic nitrogens is 3. The molecule has 0 saturated heterocycles. The Hall–Kier alpha value is -1.78. The molecule has 0 aliphatic heterocycles. The van der Waals surface area contributed by atoms with E-state index in [-0.39, 0.29) is 0 Å². The molecule has 0 bridgehead atoms. The summed E-state index contributed by atoms with van der Waals surface area (Å²) < 4.78 is 6.93. The van der Waals surface area contributed by atoms with Crippen molar-refractivity contribution in [2.75, 3.05) is 12.8 Å². The summed E-state index contributed by atoms with van der Waals surface area (Å²) in [5.74, 6) is 1.78. The predicted molar refractivity (Wildman–Crippen MR) is 48.7 cm³/mol. The molecular weight excluding hydrogens is 168 g/mol. The highest BCUT2D eigenvalue weighted by Crippen LogP contribution is 2.23. The van der Waals surface area contributed by atoms with Gasteiger partial charge in [0.2, 0.25) is 5.88 Å². The van der Waals surface area contributed by atoms with Crippen LogP contribution in [-0.2, 0) is 0 Å². The molecule has 0 fully saturated rings. The number of nitrogens with two attached hydrogens (primary N) is 1. The van der Waals surface area contributed by atoms with Crippen LogP contribution in [0.4, 0.5) is 5.82 Å². The number of rotatable bonds is 1. The highest BCUT2D eigenvalue weighted by Gasteiger charge is 2.11. The predicted octanol–water partition coefficient (Wildman–Crippen LogP) is 0.629. The van der Waals surface area contributed by atoms with Crippen LogP contribution in [0.1, 0.15) is 5.82 Å². The van der Waals surface area contributed by atoms with Gasteiger partial charge in [0.15, 0.2) is 11.3 Å². The normalized spacial score (nSPS) is 10.6. The SMILES string of the molecule is COc1nc(C)n2ccnc(N)c12. The van der Waals surface area contributed by atoms with Gasteiger partial charge in [0.1, 0.15) is 5.82 Å². The van der Waals surface area contributed by atoms with Crippen molar-refractivity contribution in [3.05, 3.63) is 18.2 Å². The van der Waals surface area contributed by atoms with E-state index in [9.17, 15) is 0 Å². The second-order valence-electron chi connectivity index (χ2n) is 2.70. The van der Waals surface area contributed by atoms with Gasteiger partial charge in [0, 0.05) is 12.4 Å². The molecule has 0 amide bonds. The Balaban J connectivity index is 2.89. The molecule has 2 heterocycles. The molecule has 5 nitrogen and oxygen atoms in total. The van der Waals surface area contributed by atoms with E-state index in [1.54, 1.807) is 19.5 Å². The smallest absolute Gasteiger partial charge is 0.243 e. The third kappa shape index (κ3) is 1.00. The van der Waals surface area contributed by atoms with E-state index in [0.717, 1.165) is 11.3 Å². The summed E-state index contributed by atoms with van der Waals surface area (Å²) in [5, 5.41) is 0. The van der Waals surface area contributed by atoms with Crippen LogP contribution in [0.15, 0.2) is 12.4 Å². The number of nitrogens with zero attached hydrogens (tertiary/aromatic N) is 3. The monoisotopic (exact) mass is 178 g/mol. The standard InChI is InChI=1S/C8H10N4O/c1-5-11-8(13-2)6-7(9)10-3-4-12(5)6/h3-4H,1-2H3,(H2,9,10). The van der Waals surface area contributed by atoms with E-state index < -0.39 is 0 Å². The van der Waals surface area contributed by atoms with Gasteiger partial charge in [-0.1, -0.05) is 0 Å². The first-order chi connectivity index (χ1) is 6.24. The number of nitrogen functional groups attached to an aromatic ring is 1. The number of methoxy groups -OCH3 is 1. The lowest BCUT2D eigenvalue weighted by atomic mass is 10.5. The summed E-state index contributed by atoms with van der Waals surface area (Å²) in [6.07, 6.45) is 3.44. The number of hydrogen-bond acceptors (Lipinski definition) is 4. The van der Waals surface area contributed by atoms with Crippen molar-refractivity contribution in [2.45, 2.75) is 6.92 Å². The Morgan fingerprint density at radius 1 is 1.54 bits per heavy atom. The summed E-state index contributed by atoms with van der Waals surface area (Å²) in [4.78, 5) is 8.16. The minimum Gasteiger partial charge on any atom is -0.479 e.